The highest BCUT2D eigenvalue weighted by atomic mass is 35.5. The number of carbonyl (C=O) groups excluding carboxylic acids is 2. The van der Waals surface area contributed by atoms with Gasteiger partial charge in [-0.3, -0.25) is 5.32 Å². The number of halogens is 3. The SMILES string of the molecule is CN(C(=O)NCc1cccc(F)c1Cl)[C@H](COC(=O)Nc1cc(-c2cccc(F)c2)on1)C[C@@H]1COC(C)(C)O1. The molecule has 1 aromatic heterocycles. The average molecular weight is 579 g/mol. The molecule has 0 aliphatic carbocycles. The lowest BCUT2D eigenvalue weighted by Gasteiger charge is -2.30. The smallest absolute Gasteiger partial charge is 0.412 e. The van der Waals surface area contributed by atoms with Crippen LogP contribution in [0.1, 0.15) is 25.8 Å². The Morgan fingerprint density at radius 2 is 2.00 bits per heavy atom. The molecule has 4 rings (SSSR count). The summed E-state index contributed by atoms with van der Waals surface area (Å²) in [5.74, 6) is -1.50. The number of hydrogen-bond donors (Lipinski definition) is 2. The number of nitrogens with zero attached hydrogens (tertiary/aromatic N) is 2. The molecule has 214 valence electrons. The standard InChI is InChI=1S/C27H29ClF2N4O6/c1-27(2)38-15-20(39-27)11-19(34(3)25(35)31-13-17-7-5-9-21(30)24(17)28)14-37-26(36)32-23-12-22(40-33-23)16-6-4-8-18(29)10-16/h4-10,12,19-20H,11,13-15H2,1-3H3,(H,31,35)(H,32,33,36)/t19-,20+/m0/s1. The molecular formula is C27H29ClF2N4O6. The Kier molecular flexibility index (Phi) is 9.23. The zero-order valence-corrected chi connectivity index (χ0v) is 22.8. The summed E-state index contributed by atoms with van der Waals surface area (Å²) in [4.78, 5) is 26.9. The number of likely N-dealkylation sites (N-methyl/N-ethyl adjacent to an activating group) is 1. The molecule has 10 nitrogen and oxygen atoms in total. The first-order chi connectivity index (χ1) is 19.0. The summed E-state index contributed by atoms with van der Waals surface area (Å²) in [5, 5.41) is 8.83. The highest BCUT2D eigenvalue weighted by Crippen LogP contribution is 2.27. The van der Waals surface area contributed by atoms with E-state index in [4.69, 9.17) is 30.3 Å². The number of ether oxygens (including phenoxy) is 3. The molecule has 1 fully saturated rings. The minimum absolute atomic E-state index is 0.0102. The number of nitrogens with one attached hydrogen (secondary N) is 2. The molecule has 3 aromatic rings. The molecule has 0 radical (unpaired) electrons. The van der Waals surface area contributed by atoms with Gasteiger partial charge in [-0.05, 0) is 44.0 Å². The van der Waals surface area contributed by atoms with E-state index in [0.717, 1.165) is 0 Å². The summed E-state index contributed by atoms with van der Waals surface area (Å²) in [6.45, 7) is 3.66. The van der Waals surface area contributed by atoms with Crippen LogP contribution < -0.4 is 10.6 Å². The van der Waals surface area contributed by atoms with Gasteiger partial charge in [0.2, 0.25) is 0 Å². The number of aromatic nitrogens is 1. The van der Waals surface area contributed by atoms with Gasteiger partial charge in [0.25, 0.3) is 0 Å². The lowest BCUT2D eigenvalue weighted by atomic mass is 10.1. The Labute approximate surface area is 234 Å². The van der Waals surface area contributed by atoms with Crippen molar-refractivity contribution in [1.82, 2.24) is 15.4 Å². The van der Waals surface area contributed by atoms with E-state index in [1.807, 2.05) is 0 Å². The maximum atomic E-state index is 13.8. The zero-order valence-electron chi connectivity index (χ0n) is 22.1. The fourth-order valence-electron chi connectivity index (χ4n) is 4.09. The van der Waals surface area contributed by atoms with Crippen LogP contribution in [0.4, 0.5) is 24.2 Å². The van der Waals surface area contributed by atoms with Gasteiger partial charge in [-0.2, -0.15) is 0 Å². The predicted octanol–water partition coefficient (Wildman–Crippen LogP) is 5.57. The topological polar surface area (TPSA) is 115 Å². The third kappa shape index (κ3) is 7.68. The van der Waals surface area contributed by atoms with Gasteiger partial charge in [-0.15, -0.1) is 0 Å². The molecule has 0 spiro atoms. The zero-order chi connectivity index (χ0) is 28.9. The van der Waals surface area contributed by atoms with Crippen LogP contribution in [-0.2, 0) is 20.8 Å². The average Bonchev–Trinajstić information content (AvgIpc) is 3.52. The van der Waals surface area contributed by atoms with Gasteiger partial charge >= 0.3 is 12.1 Å². The van der Waals surface area contributed by atoms with E-state index in [9.17, 15) is 18.4 Å². The van der Waals surface area contributed by atoms with E-state index < -0.39 is 35.6 Å². The number of amides is 3. The van der Waals surface area contributed by atoms with Gasteiger partial charge in [-0.1, -0.05) is 41.0 Å². The summed E-state index contributed by atoms with van der Waals surface area (Å²) < 4.78 is 49.3. The highest BCUT2D eigenvalue weighted by Gasteiger charge is 2.36. The second-order valence-electron chi connectivity index (χ2n) is 9.63. The van der Waals surface area contributed by atoms with Crippen LogP contribution in [0.2, 0.25) is 5.02 Å². The predicted molar refractivity (Wildman–Crippen MR) is 142 cm³/mol. The van der Waals surface area contributed by atoms with E-state index in [1.54, 1.807) is 26.0 Å². The summed E-state index contributed by atoms with van der Waals surface area (Å²) in [6, 6.07) is 10.4. The number of carbonyl (C=O) groups is 2. The Hall–Kier alpha value is -3.74. The molecule has 0 unspecified atom stereocenters. The van der Waals surface area contributed by atoms with Crippen molar-refractivity contribution < 1.29 is 37.1 Å². The van der Waals surface area contributed by atoms with Gasteiger partial charge in [0.15, 0.2) is 17.4 Å². The maximum Gasteiger partial charge on any atom is 0.412 e. The van der Waals surface area contributed by atoms with Crippen LogP contribution >= 0.6 is 11.6 Å². The normalized spacial score (nSPS) is 16.8. The maximum absolute atomic E-state index is 13.8. The van der Waals surface area contributed by atoms with Crippen molar-refractivity contribution in [2.75, 3.05) is 25.6 Å². The number of benzene rings is 2. The van der Waals surface area contributed by atoms with Crippen molar-refractivity contribution in [2.45, 2.75) is 44.7 Å². The molecule has 3 amide bonds. The second kappa shape index (κ2) is 12.6. The second-order valence-corrected chi connectivity index (χ2v) is 10.0. The molecule has 2 N–H and O–H groups in total. The molecule has 40 heavy (non-hydrogen) atoms. The molecule has 2 aromatic carbocycles. The van der Waals surface area contributed by atoms with Crippen LogP contribution in [0.25, 0.3) is 11.3 Å². The van der Waals surface area contributed by atoms with Crippen LogP contribution in [-0.4, -0.2) is 60.4 Å². The molecule has 1 saturated heterocycles. The van der Waals surface area contributed by atoms with Gasteiger partial charge < -0.3 is 29.0 Å². The van der Waals surface area contributed by atoms with Crippen LogP contribution in [0.5, 0.6) is 0 Å². The molecule has 0 bridgehead atoms. The molecule has 1 aliphatic rings. The van der Waals surface area contributed by atoms with E-state index in [0.29, 0.717) is 24.2 Å². The van der Waals surface area contributed by atoms with Crippen molar-refractivity contribution in [3.63, 3.8) is 0 Å². The summed E-state index contributed by atoms with van der Waals surface area (Å²) in [6.07, 6.45) is -0.896. The van der Waals surface area contributed by atoms with Crippen LogP contribution in [0.15, 0.2) is 53.1 Å². The molecular weight excluding hydrogens is 550 g/mol. The van der Waals surface area contributed by atoms with Crippen LogP contribution in [0.3, 0.4) is 0 Å². The fourth-order valence-corrected chi connectivity index (χ4v) is 4.28. The van der Waals surface area contributed by atoms with Gasteiger partial charge in [0.05, 0.1) is 23.8 Å². The Balaban J connectivity index is 1.37. The lowest BCUT2D eigenvalue weighted by molar-refractivity contribution is -0.140. The fraction of sp³-hybridized carbons (Fsp3) is 0.370. The molecule has 0 saturated carbocycles. The summed E-state index contributed by atoms with van der Waals surface area (Å²) >= 11 is 5.99. The van der Waals surface area contributed by atoms with Gasteiger partial charge in [-0.25, -0.2) is 18.4 Å². The van der Waals surface area contributed by atoms with Crippen LogP contribution in [0, 0.1) is 11.6 Å². The van der Waals surface area contributed by atoms with E-state index in [1.165, 1.54) is 48.3 Å². The number of urea groups is 1. The van der Waals surface area contributed by atoms with Gasteiger partial charge in [0, 0.05) is 25.2 Å². The monoisotopic (exact) mass is 578 g/mol. The quantitative estimate of drug-likeness (QED) is 0.341. The van der Waals surface area contributed by atoms with Crippen molar-refractivity contribution >= 4 is 29.5 Å². The first kappa shape index (κ1) is 29.2. The summed E-state index contributed by atoms with van der Waals surface area (Å²) in [7, 11) is 1.54. The lowest BCUT2D eigenvalue weighted by Crippen LogP contribution is -2.47. The largest absolute Gasteiger partial charge is 0.447 e. The van der Waals surface area contributed by atoms with Crippen molar-refractivity contribution in [3.8, 4) is 11.3 Å². The third-order valence-corrected chi connectivity index (χ3v) is 6.61. The number of rotatable bonds is 9. The van der Waals surface area contributed by atoms with E-state index >= 15 is 0 Å². The van der Waals surface area contributed by atoms with Gasteiger partial charge in [0.1, 0.15) is 18.2 Å². The Morgan fingerprint density at radius 3 is 2.73 bits per heavy atom. The molecule has 2 atom stereocenters. The van der Waals surface area contributed by atoms with Crippen molar-refractivity contribution in [1.29, 1.82) is 0 Å². The first-order valence-corrected chi connectivity index (χ1v) is 12.8. The minimum atomic E-state index is -0.839. The highest BCUT2D eigenvalue weighted by molar-refractivity contribution is 6.31. The Morgan fingerprint density at radius 1 is 1.23 bits per heavy atom. The van der Waals surface area contributed by atoms with E-state index in [-0.39, 0.29) is 35.9 Å². The van der Waals surface area contributed by atoms with E-state index in [2.05, 4.69) is 15.8 Å². The van der Waals surface area contributed by atoms with Crippen molar-refractivity contribution in [3.05, 3.63) is 70.8 Å². The minimum Gasteiger partial charge on any atom is -0.447 e. The molecule has 1 aliphatic heterocycles. The summed E-state index contributed by atoms with van der Waals surface area (Å²) in [5.41, 5.74) is 0.859. The third-order valence-electron chi connectivity index (χ3n) is 6.19. The number of anilines is 1. The van der Waals surface area contributed by atoms with Crippen molar-refractivity contribution in [2.24, 2.45) is 0 Å². The Bertz CT molecular complexity index is 1350. The first-order valence-electron chi connectivity index (χ1n) is 12.4. The number of hydrogen-bond acceptors (Lipinski definition) is 7. The molecule has 2 heterocycles. The molecule has 13 heteroatoms.